The molecule has 2 unspecified atom stereocenters. The first-order valence-corrected chi connectivity index (χ1v) is 6.41. The van der Waals surface area contributed by atoms with Gasteiger partial charge >= 0.3 is 0 Å². The first-order valence-electron chi connectivity index (χ1n) is 6.41. The number of aliphatic hydroxyl groups is 2. The minimum absolute atomic E-state index is 0.160. The van der Waals surface area contributed by atoms with Crippen LogP contribution in [0.2, 0.25) is 0 Å². The fourth-order valence-corrected chi connectivity index (χ4v) is 2.11. The first-order chi connectivity index (χ1) is 8.65. The van der Waals surface area contributed by atoms with Crippen LogP contribution in [-0.4, -0.2) is 23.4 Å². The van der Waals surface area contributed by atoms with Gasteiger partial charge in [-0.05, 0) is 21.9 Å². The molecule has 0 aliphatic heterocycles. The molecule has 0 amide bonds. The number of fused-ring (bicyclic) bond motifs is 1. The summed E-state index contributed by atoms with van der Waals surface area (Å²) in [5, 5.41) is 20.8. The summed E-state index contributed by atoms with van der Waals surface area (Å²) in [6.07, 6.45) is 0. The lowest BCUT2D eigenvalue weighted by atomic mass is 9.95. The molecule has 0 spiro atoms. The first kappa shape index (κ1) is 13.1. The number of aliphatic hydroxyl groups excluding tert-OH is 2. The Bertz CT molecular complexity index is 489. The van der Waals surface area contributed by atoms with E-state index in [9.17, 15) is 10.2 Å². The van der Waals surface area contributed by atoms with E-state index in [1.165, 1.54) is 10.8 Å². The molecule has 2 aromatic carbocycles. The lowest BCUT2D eigenvalue weighted by molar-refractivity contribution is 0.273. The molecule has 18 heavy (non-hydrogen) atoms. The minimum atomic E-state index is 0.160. The van der Waals surface area contributed by atoms with Crippen molar-refractivity contribution in [1.82, 2.24) is 0 Å². The molecule has 2 rings (SSSR count). The fraction of sp³-hybridized carbons (Fsp3) is 0.375. The van der Waals surface area contributed by atoms with Crippen LogP contribution in [0.15, 0.2) is 36.4 Å². The quantitative estimate of drug-likeness (QED) is 0.868. The van der Waals surface area contributed by atoms with Gasteiger partial charge in [0.1, 0.15) is 0 Å². The molecule has 0 aromatic heterocycles. The second kappa shape index (κ2) is 5.51. The highest BCUT2D eigenvalue weighted by Crippen LogP contribution is 2.25. The molecule has 0 aliphatic rings. The van der Waals surface area contributed by atoms with E-state index in [1.54, 1.807) is 0 Å². The third-order valence-corrected chi connectivity index (χ3v) is 3.57. The maximum absolute atomic E-state index is 9.21. The zero-order chi connectivity index (χ0) is 13.1. The van der Waals surface area contributed by atoms with E-state index in [4.69, 9.17) is 0 Å². The van der Waals surface area contributed by atoms with Crippen molar-refractivity contribution < 1.29 is 10.2 Å². The maximum Gasteiger partial charge on any atom is 0.0497 e. The van der Waals surface area contributed by atoms with E-state index < -0.39 is 0 Å². The van der Waals surface area contributed by atoms with E-state index in [0.717, 1.165) is 11.1 Å². The third-order valence-electron chi connectivity index (χ3n) is 3.57. The Balaban J connectivity index is 2.46. The van der Waals surface area contributed by atoms with E-state index in [-0.39, 0.29) is 25.0 Å². The molecular weight excluding hydrogens is 224 g/mol. The number of benzene rings is 2. The molecule has 2 atom stereocenters. The van der Waals surface area contributed by atoms with Gasteiger partial charge in [-0.25, -0.2) is 0 Å². The standard InChI is InChI=1S/C16H20O2/c1-11(9-17)14-5-3-13-4-6-15(12(2)10-18)8-16(13)7-14/h3-8,11-12,17-18H,9-10H2,1-2H3. The summed E-state index contributed by atoms with van der Waals surface area (Å²) >= 11 is 0. The van der Waals surface area contributed by atoms with Crippen LogP contribution in [-0.2, 0) is 0 Å². The van der Waals surface area contributed by atoms with Crippen molar-refractivity contribution >= 4 is 10.8 Å². The Morgan fingerprint density at radius 1 is 0.778 bits per heavy atom. The molecule has 0 heterocycles. The van der Waals surface area contributed by atoms with Crippen molar-refractivity contribution in [2.24, 2.45) is 0 Å². The highest BCUT2D eigenvalue weighted by Gasteiger charge is 2.07. The number of rotatable bonds is 4. The van der Waals surface area contributed by atoms with E-state index >= 15 is 0 Å². The van der Waals surface area contributed by atoms with Crippen molar-refractivity contribution in [1.29, 1.82) is 0 Å². The molecule has 0 radical (unpaired) electrons. The average Bonchev–Trinajstić information content (AvgIpc) is 2.44. The van der Waals surface area contributed by atoms with Crippen molar-refractivity contribution in [3.63, 3.8) is 0 Å². The molecule has 0 saturated heterocycles. The molecule has 2 nitrogen and oxygen atoms in total. The second-order valence-corrected chi connectivity index (χ2v) is 5.03. The average molecular weight is 244 g/mol. The molecule has 0 fully saturated rings. The largest absolute Gasteiger partial charge is 0.396 e. The van der Waals surface area contributed by atoms with Crippen LogP contribution >= 0.6 is 0 Å². The molecule has 2 aromatic rings. The highest BCUT2D eigenvalue weighted by molar-refractivity contribution is 5.84. The van der Waals surface area contributed by atoms with Gasteiger partial charge in [0, 0.05) is 25.0 Å². The predicted molar refractivity (Wildman–Crippen MR) is 74.9 cm³/mol. The topological polar surface area (TPSA) is 40.5 Å². The monoisotopic (exact) mass is 244 g/mol. The van der Waals surface area contributed by atoms with Crippen LogP contribution in [0.3, 0.4) is 0 Å². The van der Waals surface area contributed by atoms with Crippen molar-refractivity contribution in [2.75, 3.05) is 13.2 Å². The highest BCUT2D eigenvalue weighted by atomic mass is 16.3. The van der Waals surface area contributed by atoms with Gasteiger partial charge in [0.2, 0.25) is 0 Å². The Morgan fingerprint density at radius 3 is 1.61 bits per heavy atom. The number of hydrogen-bond acceptors (Lipinski definition) is 2. The molecule has 2 heteroatoms. The van der Waals surface area contributed by atoms with Gasteiger partial charge in [0.25, 0.3) is 0 Å². The Morgan fingerprint density at radius 2 is 1.22 bits per heavy atom. The van der Waals surface area contributed by atoms with Gasteiger partial charge in [0.15, 0.2) is 0 Å². The summed E-state index contributed by atoms with van der Waals surface area (Å²) < 4.78 is 0. The molecule has 0 aliphatic carbocycles. The third kappa shape index (κ3) is 2.55. The lowest BCUT2D eigenvalue weighted by Crippen LogP contribution is -2.00. The Labute approximate surface area is 108 Å². The van der Waals surface area contributed by atoms with Gasteiger partial charge in [-0.15, -0.1) is 0 Å². The van der Waals surface area contributed by atoms with E-state index in [1.807, 2.05) is 13.8 Å². The summed E-state index contributed by atoms with van der Waals surface area (Å²) in [7, 11) is 0. The predicted octanol–water partition coefficient (Wildman–Crippen LogP) is 3.03. The smallest absolute Gasteiger partial charge is 0.0497 e. The van der Waals surface area contributed by atoms with Crippen LogP contribution in [0.4, 0.5) is 0 Å². The van der Waals surface area contributed by atoms with Crippen LogP contribution in [0.1, 0.15) is 36.8 Å². The van der Waals surface area contributed by atoms with Crippen LogP contribution in [0.5, 0.6) is 0 Å². The van der Waals surface area contributed by atoms with Crippen molar-refractivity contribution in [3.05, 3.63) is 47.5 Å². The van der Waals surface area contributed by atoms with Crippen LogP contribution in [0, 0.1) is 0 Å². The molecular formula is C16H20O2. The van der Waals surface area contributed by atoms with E-state index in [0.29, 0.717) is 0 Å². The van der Waals surface area contributed by atoms with Crippen molar-refractivity contribution in [3.8, 4) is 0 Å². The minimum Gasteiger partial charge on any atom is -0.396 e. The SMILES string of the molecule is CC(CO)c1ccc2ccc(C(C)CO)cc2c1. The summed E-state index contributed by atoms with van der Waals surface area (Å²) in [5.41, 5.74) is 2.30. The molecule has 0 saturated carbocycles. The normalized spacial score (nSPS) is 14.7. The molecule has 0 bridgehead atoms. The van der Waals surface area contributed by atoms with Gasteiger partial charge in [0.05, 0.1) is 0 Å². The Hall–Kier alpha value is -1.38. The zero-order valence-electron chi connectivity index (χ0n) is 10.9. The second-order valence-electron chi connectivity index (χ2n) is 5.03. The zero-order valence-corrected chi connectivity index (χ0v) is 10.9. The van der Waals surface area contributed by atoms with E-state index in [2.05, 4.69) is 36.4 Å². The summed E-state index contributed by atoms with van der Waals surface area (Å²) in [6, 6.07) is 12.6. The summed E-state index contributed by atoms with van der Waals surface area (Å²) in [5.74, 6) is 0.321. The summed E-state index contributed by atoms with van der Waals surface area (Å²) in [4.78, 5) is 0. The summed E-state index contributed by atoms with van der Waals surface area (Å²) in [6.45, 7) is 4.36. The lowest BCUT2D eigenvalue weighted by Gasteiger charge is -2.12. The number of hydrogen-bond donors (Lipinski definition) is 2. The van der Waals surface area contributed by atoms with Crippen LogP contribution in [0.25, 0.3) is 10.8 Å². The van der Waals surface area contributed by atoms with Gasteiger partial charge in [-0.3, -0.25) is 0 Å². The van der Waals surface area contributed by atoms with Gasteiger partial charge < -0.3 is 10.2 Å². The van der Waals surface area contributed by atoms with Crippen molar-refractivity contribution in [2.45, 2.75) is 25.7 Å². The molecule has 96 valence electrons. The van der Waals surface area contributed by atoms with Crippen LogP contribution < -0.4 is 0 Å². The molecule has 2 N–H and O–H groups in total. The fourth-order valence-electron chi connectivity index (χ4n) is 2.11. The maximum atomic E-state index is 9.21. The van der Waals surface area contributed by atoms with Gasteiger partial charge in [-0.2, -0.15) is 0 Å². The Kier molecular flexibility index (Phi) is 4.00. The van der Waals surface area contributed by atoms with Gasteiger partial charge in [-0.1, -0.05) is 50.2 Å².